The SMILES string of the molecule is N#Cc1cc(F)cc(-c2ccc(OCc3ccccc3)nc2)c1. The average molecular weight is 304 g/mol. The summed E-state index contributed by atoms with van der Waals surface area (Å²) in [6.07, 6.45) is 1.61. The molecular weight excluding hydrogens is 291 g/mol. The van der Waals surface area contributed by atoms with E-state index in [1.807, 2.05) is 36.4 Å². The van der Waals surface area contributed by atoms with Crippen molar-refractivity contribution in [1.29, 1.82) is 5.26 Å². The molecule has 0 N–H and O–H groups in total. The van der Waals surface area contributed by atoms with Crippen molar-refractivity contribution in [3.05, 3.63) is 83.8 Å². The van der Waals surface area contributed by atoms with Crippen LogP contribution < -0.4 is 4.74 Å². The third kappa shape index (κ3) is 3.72. The first-order chi connectivity index (χ1) is 11.2. The molecule has 1 heterocycles. The number of aromatic nitrogens is 1. The van der Waals surface area contributed by atoms with E-state index in [0.29, 0.717) is 18.1 Å². The molecule has 23 heavy (non-hydrogen) atoms. The van der Waals surface area contributed by atoms with Crippen LogP contribution in [-0.2, 0) is 6.61 Å². The predicted molar refractivity (Wildman–Crippen MR) is 85.1 cm³/mol. The summed E-state index contributed by atoms with van der Waals surface area (Å²) < 4.78 is 19.1. The van der Waals surface area contributed by atoms with Crippen molar-refractivity contribution in [2.24, 2.45) is 0 Å². The van der Waals surface area contributed by atoms with Crippen molar-refractivity contribution in [3.8, 4) is 23.1 Å². The smallest absolute Gasteiger partial charge is 0.213 e. The minimum atomic E-state index is -0.441. The molecule has 112 valence electrons. The van der Waals surface area contributed by atoms with Gasteiger partial charge in [-0.2, -0.15) is 5.26 Å². The van der Waals surface area contributed by atoms with Gasteiger partial charge in [0.05, 0.1) is 11.6 Å². The van der Waals surface area contributed by atoms with Crippen LogP contribution in [0.4, 0.5) is 4.39 Å². The largest absolute Gasteiger partial charge is 0.473 e. The van der Waals surface area contributed by atoms with E-state index in [1.54, 1.807) is 24.4 Å². The molecule has 2 aromatic carbocycles. The fraction of sp³-hybridized carbons (Fsp3) is 0.0526. The highest BCUT2D eigenvalue weighted by atomic mass is 19.1. The predicted octanol–water partition coefficient (Wildman–Crippen LogP) is 4.34. The minimum Gasteiger partial charge on any atom is -0.473 e. The van der Waals surface area contributed by atoms with Crippen molar-refractivity contribution in [1.82, 2.24) is 4.98 Å². The molecule has 0 radical (unpaired) electrons. The summed E-state index contributed by atoms with van der Waals surface area (Å²) in [5.74, 6) is 0.0537. The Kier molecular flexibility index (Phi) is 4.30. The first kappa shape index (κ1) is 14.7. The summed E-state index contributed by atoms with van der Waals surface area (Å²) in [5, 5.41) is 8.90. The van der Waals surface area contributed by atoms with E-state index in [4.69, 9.17) is 10.00 Å². The second-order valence-corrected chi connectivity index (χ2v) is 5.00. The number of nitrogens with zero attached hydrogens (tertiary/aromatic N) is 2. The molecule has 0 atom stereocenters. The van der Waals surface area contributed by atoms with Gasteiger partial charge in [0.15, 0.2) is 0 Å². The van der Waals surface area contributed by atoms with Gasteiger partial charge in [0.1, 0.15) is 12.4 Å². The molecule has 3 nitrogen and oxygen atoms in total. The number of ether oxygens (including phenoxy) is 1. The lowest BCUT2D eigenvalue weighted by Gasteiger charge is -2.07. The first-order valence-corrected chi connectivity index (χ1v) is 7.08. The van der Waals surface area contributed by atoms with Gasteiger partial charge in [-0.05, 0) is 35.4 Å². The van der Waals surface area contributed by atoms with Crippen LogP contribution in [0.1, 0.15) is 11.1 Å². The summed E-state index contributed by atoms with van der Waals surface area (Å²) in [5.41, 5.74) is 2.68. The van der Waals surface area contributed by atoms with Crippen LogP contribution in [0.2, 0.25) is 0 Å². The fourth-order valence-electron chi connectivity index (χ4n) is 2.19. The number of pyridine rings is 1. The maximum absolute atomic E-state index is 13.5. The molecule has 0 aliphatic rings. The van der Waals surface area contributed by atoms with Gasteiger partial charge in [0.2, 0.25) is 5.88 Å². The highest BCUT2D eigenvalue weighted by Gasteiger charge is 2.05. The van der Waals surface area contributed by atoms with Gasteiger partial charge in [0, 0.05) is 17.8 Å². The lowest BCUT2D eigenvalue weighted by molar-refractivity contribution is 0.294. The molecule has 0 amide bonds. The molecule has 0 aliphatic heterocycles. The Morgan fingerprint density at radius 2 is 1.83 bits per heavy atom. The number of hydrogen-bond acceptors (Lipinski definition) is 3. The Balaban J connectivity index is 1.75. The molecule has 4 heteroatoms. The number of hydrogen-bond donors (Lipinski definition) is 0. The zero-order valence-corrected chi connectivity index (χ0v) is 12.2. The highest BCUT2D eigenvalue weighted by Crippen LogP contribution is 2.23. The summed E-state index contributed by atoms with van der Waals surface area (Å²) in [7, 11) is 0. The molecule has 3 aromatic rings. The van der Waals surface area contributed by atoms with Crippen LogP contribution in [0.15, 0.2) is 66.9 Å². The van der Waals surface area contributed by atoms with Crippen LogP contribution in [0, 0.1) is 17.1 Å². The number of halogens is 1. The zero-order valence-electron chi connectivity index (χ0n) is 12.2. The van der Waals surface area contributed by atoms with Crippen LogP contribution in [0.5, 0.6) is 5.88 Å². The van der Waals surface area contributed by atoms with Gasteiger partial charge in [-0.15, -0.1) is 0 Å². The van der Waals surface area contributed by atoms with E-state index >= 15 is 0 Å². The van der Waals surface area contributed by atoms with E-state index in [9.17, 15) is 4.39 Å². The van der Waals surface area contributed by atoms with Gasteiger partial charge < -0.3 is 4.74 Å². The Bertz CT molecular complexity index is 839. The average Bonchev–Trinajstić information content (AvgIpc) is 2.60. The second-order valence-electron chi connectivity index (χ2n) is 5.00. The monoisotopic (exact) mass is 304 g/mol. The molecule has 0 saturated carbocycles. The van der Waals surface area contributed by atoms with Gasteiger partial charge in [-0.1, -0.05) is 30.3 Å². The number of benzene rings is 2. The van der Waals surface area contributed by atoms with Crippen molar-refractivity contribution >= 4 is 0 Å². The van der Waals surface area contributed by atoms with Crippen molar-refractivity contribution in [2.45, 2.75) is 6.61 Å². The molecule has 0 spiro atoms. The lowest BCUT2D eigenvalue weighted by atomic mass is 10.1. The Morgan fingerprint density at radius 1 is 1.00 bits per heavy atom. The fourth-order valence-corrected chi connectivity index (χ4v) is 2.19. The quantitative estimate of drug-likeness (QED) is 0.720. The summed E-state index contributed by atoms with van der Waals surface area (Å²) in [6.45, 7) is 0.436. The molecule has 0 aliphatic carbocycles. The summed E-state index contributed by atoms with van der Waals surface area (Å²) in [4.78, 5) is 4.23. The molecule has 0 saturated heterocycles. The van der Waals surface area contributed by atoms with Gasteiger partial charge >= 0.3 is 0 Å². The molecule has 0 fully saturated rings. The maximum Gasteiger partial charge on any atom is 0.213 e. The number of nitriles is 1. The summed E-state index contributed by atoms with van der Waals surface area (Å²) >= 11 is 0. The van der Waals surface area contributed by atoms with Gasteiger partial charge in [-0.25, -0.2) is 9.37 Å². The third-order valence-corrected chi connectivity index (χ3v) is 3.33. The second kappa shape index (κ2) is 6.71. The van der Waals surface area contributed by atoms with Crippen LogP contribution >= 0.6 is 0 Å². The van der Waals surface area contributed by atoms with E-state index in [0.717, 1.165) is 11.1 Å². The van der Waals surface area contributed by atoms with Gasteiger partial charge in [0.25, 0.3) is 0 Å². The van der Waals surface area contributed by atoms with Crippen molar-refractivity contribution < 1.29 is 9.13 Å². The Hall–Kier alpha value is -3.19. The maximum atomic E-state index is 13.5. The lowest BCUT2D eigenvalue weighted by Crippen LogP contribution is -1.96. The van der Waals surface area contributed by atoms with Crippen molar-refractivity contribution in [3.63, 3.8) is 0 Å². The van der Waals surface area contributed by atoms with Crippen LogP contribution in [-0.4, -0.2) is 4.98 Å². The van der Waals surface area contributed by atoms with Crippen LogP contribution in [0.3, 0.4) is 0 Å². The summed E-state index contributed by atoms with van der Waals surface area (Å²) in [6, 6.07) is 19.5. The number of rotatable bonds is 4. The zero-order chi connectivity index (χ0) is 16.1. The van der Waals surface area contributed by atoms with E-state index in [2.05, 4.69) is 4.98 Å². The van der Waals surface area contributed by atoms with Crippen LogP contribution in [0.25, 0.3) is 11.1 Å². The normalized spacial score (nSPS) is 10.1. The Labute approximate surface area is 133 Å². The van der Waals surface area contributed by atoms with Gasteiger partial charge in [-0.3, -0.25) is 0 Å². The highest BCUT2D eigenvalue weighted by molar-refractivity contribution is 5.64. The molecule has 0 bridgehead atoms. The first-order valence-electron chi connectivity index (χ1n) is 7.08. The molecule has 1 aromatic heterocycles. The molecule has 0 unspecified atom stereocenters. The minimum absolute atomic E-state index is 0.282. The third-order valence-electron chi connectivity index (χ3n) is 3.33. The van der Waals surface area contributed by atoms with E-state index < -0.39 is 5.82 Å². The van der Waals surface area contributed by atoms with Crippen molar-refractivity contribution in [2.75, 3.05) is 0 Å². The van der Waals surface area contributed by atoms with E-state index in [1.165, 1.54) is 12.1 Å². The molecule has 3 rings (SSSR count). The molecular formula is C19H13FN2O. The topological polar surface area (TPSA) is 45.9 Å². The standard InChI is InChI=1S/C19H13FN2O/c20-18-9-15(11-21)8-17(10-18)16-6-7-19(22-12-16)23-13-14-4-2-1-3-5-14/h1-10,12H,13H2. The Morgan fingerprint density at radius 3 is 2.52 bits per heavy atom. The van der Waals surface area contributed by atoms with E-state index in [-0.39, 0.29) is 5.56 Å².